The molecule has 3 rings (SSSR count). The predicted octanol–water partition coefficient (Wildman–Crippen LogP) is 4.05. The first kappa shape index (κ1) is 13.4. The molecule has 0 aliphatic heterocycles. The SMILES string of the molecule is C#CCOCc1cc(-c2ccccc2)nc2ccccc12. The quantitative estimate of drug-likeness (QED) is 0.528. The van der Waals surface area contributed by atoms with Crippen LogP contribution < -0.4 is 0 Å². The number of ether oxygens (including phenoxy) is 1. The van der Waals surface area contributed by atoms with E-state index in [1.165, 1.54) is 0 Å². The van der Waals surface area contributed by atoms with E-state index in [1.54, 1.807) is 0 Å². The lowest BCUT2D eigenvalue weighted by atomic mass is 10.0. The van der Waals surface area contributed by atoms with Gasteiger partial charge in [-0.25, -0.2) is 4.98 Å². The van der Waals surface area contributed by atoms with Gasteiger partial charge in [-0.05, 0) is 17.7 Å². The lowest BCUT2D eigenvalue weighted by Gasteiger charge is -2.09. The first-order chi connectivity index (χ1) is 10.4. The molecule has 0 fully saturated rings. The molecular formula is C19H15NO. The van der Waals surface area contributed by atoms with Crippen molar-refractivity contribution < 1.29 is 4.74 Å². The second-order valence-electron chi connectivity index (χ2n) is 4.75. The Bertz CT molecular complexity index is 788. The van der Waals surface area contributed by atoms with Crippen LogP contribution in [0.5, 0.6) is 0 Å². The van der Waals surface area contributed by atoms with Gasteiger partial charge in [0.2, 0.25) is 0 Å². The van der Waals surface area contributed by atoms with Crippen molar-refractivity contribution in [3.63, 3.8) is 0 Å². The van der Waals surface area contributed by atoms with Gasteiger partial charge in [-0.15, -0.1) is 6.42 Å². The lowest BCUT2D eigenvalue weighted by Crippen LogP contribution is -1.97. The molecule has 0 spiro atoms. The van der Waals surface area contributed by atoms with Crippen molar-refractivity contribution in [2.45, 2.75) is 6.61 Å². The molecule has 0 atom stereocenters. The maximum Gasteiger partial charge on any atom is 0.107 e. The molecule has 0 aliphatic carbocycles. The van der Waals surface area contributed by atoms with Crippen molar-refractivity contribution >= 4 is 10.9 Å². The molecule has 102 valence electrons. The topological polar surface area (TPSA) is 22.1 Å². The number of para-hydroxylation sites is 1. The molecule has 0 N–H and O–H groups in total. The number of benzene rings is 2. The van der Waals surface area contributed by atoms with E-state index in [-0.39, 0.29) is 0 Å². The summed E-state index contributed by atoms with van der Waals surface area (Å²) in [6, 6.07) is 20.3. The Morgan fingerprint density at radius 2 is 1.76 bits per heavy atom. The van der Waals surface area contributed by atoms with E-state index in [0.717, 1.165) is 27.7 Å². The van der Waals surface area contributed by atoms with Crippen LogP contribution in [0.15, 0.2) is 60.7 Å². The number of pyridine rings is 1. The number of rotatable bonds is 4. The normalized spacial score (nSPS) is 10.4. The van der Waals surface area contributed by atoms with Crippen LogP contribution in [0.2, 0.25) is 0 Å². The van der Waals surface area contributed by atoms with Gasteiger partial charge in [-0.1, -0.05) is 54.5 Å². The first-order valence-corrected chi connectivity index (χ1v) is 6.84. The van der Waals surface area contributed by atoms with Gasteiger partial charge in [0.1, 0.15) is 6.61 Å². The van der Waals surface area contributed by atoms with Crippen LogP contribution in [-0.4, -0.2) is 11.6 Å². The fourth-order valence-corrected chi connectivity index (χ4v) is 2.34. The molecule has 0 aliphatic rings. The average molecular weight is 273 g/mol. The molecule has 0 unspecified atom stereocenters. The summed E-state index contributed by atoms with van der Waals surface area (Å²) < 4.78 is 5.50. The minimum Gasteiger partial charge on any atom is -0.364 e. The molecule has 0 amide bonds. The molecule has 2 nitrogen and oxygen atoms in total. The Morgan fingerprint density at radius 1 is 1.00 bits per heavy atom. The molecule has 0 saturated heterocycles. The van der Waals surface area contributed by atoms with Crippen molar-refractivity contribution in [2.24, 2.45) is 0 Å². The summed E-state index contributed by atoms with van der Waals surface area (Å²) in [5.74, 6) is 2.49. The number of nitrogens with zero attached hydrogens (tertiary/aromatic N) is 1. The maximum atomic E-state index is 5.50. The largest absolute Gasteiger partial charge is 0.364 e. The zero-order valence-electron chi connectivity index (χ0n) is 11.6. The summed E-state index contributed by atoms with van der Waals surface area (Å²) in [6.07, 6.45) is 5.24. The summed E-state index contributed by atoms with van der Waals surface area (Å²) in [7, 11) is 0. The van der Waals surface area contributed by atoms with Gasteiger partial charge in [-0.3, -0.25) is 0 Å². The molecule has 0 saturated carbocycles. The van der Waals surface area contributed by atoms with Gasteiger partial charge in [-0.2, -0.15) is 0 Å². The second kappa shape index (κ2) is 6.21. The molecule has 2 heteroatoms. The predicted molar refractivity (Wildman–Crippen MR) is 85.7 cm³/mol. The van der Waals surface area contributed by atoms with Gasteiger partial charge in [0.05, 0.1) is 17.8 Å². The van der Waals surface area contributed by atoms with Crippen LogP contribution in [0.25, 0.3) is 22.2 Å². The number of hydrogen-bond donors (Lipinski definition) is 0. The molecule has 2 aromatic carbocycles. The summed E-state index contributed by atoms with van der Waals surface area (Å²) in [6.45, 7) is 0.810. The minimum atomic E-state index is 0.317. The Morgan fingerprint density at radius 3 is 2.57 bits per heavy atom. The minimum absolute atomic E-state index is 0.317. The Labute approximate surface area is 124 Å². The highest BCUT2D eigenvalue weighted by Gasteiger charge is 2.07. The van der Waals surface area contributed by atoms with E-state index >= 15 is 0 Å². The average Bonchev–Trinajstić information content (AvgIpc) is 2.55. The van der Waals surface area contributed by atoms with Crippen molar-refractivity contribution in [1.82, 2.24) is 4.98 Å². The van der Waals surface area contributed by atoms with E-state index < -0.39 is 0 Å². The fourth-order valence-electron chi connectivity index (χ4n) is 2.34. The zero-order valence-corrected chi connectivity index (χ0v) is 11.6. The Hall–Kier alpha value is -2.63. The van der Waals surface area contributed by atoms with Gasteiger partial charge >= 0.3 is 0 Å². The third kappa shape index (κ3) is 2.94. The van der Waals surface area contributed by atoms with E-state index in [1.807, 2.05) is 36.4 Å². The highest BCUT2D eigenvalue weighted by atomic mass is 16.5. The molecular weight excluding hydrogens is 258 g/mol. The standard InChI is InChI=1S/C19H15NO/c1-2-12-21-14-16-13-19(15-8-4-3-5-9-15)20-18-11-7-6-10-17(16)18/h1,3-11,13H,12,14H2. The molecule has 21 heavy (non-hydrogen) atoms. The summed E-state index contributed by atoms with van der Waals surface area (Å²) >= 11 is 0. The number of aromatic nitrogens is 1. The third-order valence-electron chi connectivity index (χ3n) is 3.31. The van der Waals surface area contributed by atoms with Crippen molar-refractivity contribution in [3.05, 3.63) is 66.2 Å². The van der Waals surface area contributed by atoms with Crippen LogP contribution in [0.1, 0.15) is 5.56 Å². The monoisotopic (exact) mass is 273 g/mol. The van der Waals surface area contributed by atoms with Crippen LogP contribution in [0, 0.1) is 12.3 Å². The lowest BCUT2D eigenvalue weighted by molar-refractivity contribution is 0.154. The second-order valence-corrected chi connectivity index (χ2v) is 4.75. The maximum absolute atomic E-state index is 5.50. The summed E-state index contributed by atoms with van der Waals surface area (Å²) in [4.78, 5) is 4.74. The Kier molecular flexibility index (Phi) is 3.95. The highest BCUT2D eigenvalue weighted by molar-refractivity contribution is 5.85. The molecule has 0 radical (unpaired) electrons. The van der Waals surface area contributed by atoms with Crippen LogP contribution >= 0.6 is 0 Å². The van der Waals surface area contributed by atoms with Crippen molar-refractivity contribution in [1.29, 1.82) is 0 Å². The van der Waals surface area contributed by atoms with Crippen LogP contribution in [0.4, 0.5) is 0 Å². The molecule has 3 aromatic rings. The van der Waals surface area contributed by atoms with Crippen LogP contribution in [0.3, 0.4) is 0 Å². The number of terminal acetylenes is 1. The number of fused-ring (bicyclic) bond motifs is 1. The molecule has 1 aromatic heterocycles. The van der Waals surface area contributed by atoms with E-state index in [4.69, 9.17) is 16.1 Å². The van der Waals surface area contributed by atoms with E-state index in [9.17, 15) is 0 Å². The van der Waals surface area contributed by atoms with Gasteiger partial charge in [0.15, 0.2) is 0 Å². The van der Waals surface area contributed by atoms with E-state index in [0.29, 0.717) is 13.2 Å². The van der Waals surface area contributed by atoms with Gasteiger partial charge in [0.25, 0.3) is 0 Å². The number of hydrogen-bond acceptors (Lipinski definition) is 2. The van der Waals surface area contributed by atoms with Gasteiger partial charge in [0, 0.05) is 10.9 Å². The van der Waals surface area contributed by atoms with Crippen LogP contribution in [-0.2, 0) is 11.3 Å². The molecule has 0 bridgehead atoms. The van der Waals surface area contributed by atoms with Gasteiger partial charge < -0.3 is 4.74 Å². The third-order valence-corrected chi connectivity index (χ3v) is 3.31. The van der Waals surface area contributed by atoms with Crippen molar-refractivity contribution in [3.8, 4) is 23.6 Å². The molecule has 1 heterocycles. The van der Waals surface area contributed by atoms with Crippen molar-refractivity contribution in [2.75, 3.05) is 6.61 Å². The zero-order chi connectivity index (χ0) is 14.5. The Balaban J connectivity index is 2.09. The fraction of sp³-hybridized carbons (Fsp3) is 0.105. The summed E-state index contributed by atoms with van der Waals surface area (Å²) in [5.41, 5.74) is 4.13. The highest BCUT2D eigenvalue weighted by Crippen LogP contribution is 2.25. The first-order valence-electron chi connectivity index (χ1n) is 6.84. The van der Waals surface area contributed by atoms with E-state index in [2.05, 4.69) is 30.2 Å². The smallest absolute Gasteiger partial charge is 0.107 e. The summed E-state index contributed by atoms with van der Waals surface area (Å²) in [5, 5.41) is 1.11.